The van der Waals surface area contributed by atoms with Crippen molar-refractivity contribution < 1.29 is 23.9 Å². The first-order valence-corrected chi connectivity index (χ1v) is 10.3. The number of nitrogens with zero attached hydrogens (tertiary/aromatic N) is 3. The highest BCUT2D eigenvalue weighted by Gasteiger charge is 2.35. The van der Waals surface area contributed by atoms with Gasteiger partial charge in [0.2, 0.25) is 17.8 Å². The third-order valence-corrected chi connectivity index (χ3v) is 5.23. The number of nitrogen functional groups attached to an aromatic ring is 1. The van der Waals surface area contributed by atoms with Crippen LogP contribution in [-0.4, -0.2) is 60.7 Å². The molecule has 1 atom stereocenters. The molecule has 2 aliphatic rings. The summed E-state index contributed by atoms with van der Waals surface area (Å²) in [5, 5.41) is 5.47. The lowest BCUT2D eigenvalue weighted by Crippen LogP contribution is -2.38. The smallest absolute Gasteiger partial charge is 0.338 e. The number of aromatic nitrogens is 2. The Balaban J connectivity index is 1.55. The first-order chi connectivity index (χ1) is 15.5. The molecule has 2 amide bonds. The van der Waals surface area contributed by atoms with E-state index in [0.717, 1.165) is 0 Å². The Morgan fingerprint density at radius 1 is 1.25 bits per heavy atom. The highest BCUT2D eigenvalue weighted by atomic mass is 16.5. The van der Waals surface area contributed by atoms with Gasteiger partial charge in [-0.25, -0.2) is 4.79 Å². The number of hydrogen-bond donors (Lipinski definition) is 3. The first kappa shape index (κ1) is 21.5. The first-order valence-electron chi connectivity index (χ1n) is 10.3. The Kier molecular flexibility index (Phi) is 6.17. The lowest BCUT2D eigenvalue weighted by molar-refractivity contribution is -0.123. The molecule has 4 N–H and O–H groups in total. The number of hydrogen-bond acceptors (Lipinski definition) is 9. The molecule has 1 aromatic carbocycles. The zero-order valence-electron chi connectivity index (χ0n) is 17.6. The van der Waals surface area contributed by atoms with E-state index < -0.39 is 17.8 Å². The van der Waals surface area contributed by atoms with Crippen molar-refractivity contribution >= 4 is 41.1 Å². The fourth-order valence-electron chi connectivity index (χ4n) is 3.65. The SMILES string of the molecule is CCOC(=O)c1ccc(NC(=O)[C@@H]2CC(=O)Nc3nc(N4CCOCC4)nc(N)c32)cc1. The van der Waals surface area contributed by atoms with Gasteiger partial charge >= 0.3 is 5.97 Å². The third kappa shape index (κ3) is 4.47. The van der Waals surface area contributed by atoms with Crippen molar-refractivity contribution in [3.05, 3.63) is 35.4 Å². The summed E-state index contributed by atoms with van der Waals surface area (Å²) in [5.41, 5.74) is 7.44. The molecule has 3 heterocycles. The van der Waals surface area contributed by atoms with E-state index >= 15 is 0 Å². The van der Waals surface area contributed by atoms with E-state index in [9.17, 15) is 14.4 Å². The third-order valence-electron chi connectivity index (χ3n) is 5.23. The van der Waals surface area contributed by atoms with Crippen molar-refractivity contribution in [2.75, 3.05) is 54.2 Å². The minimum atomic E-state index is -0.845. The number of carbonyl (C=O) groups excluding carboxylic acids is 3. The van der Waals surface area contributed by atoms with E-state index in [0.29, 0.717) is 49.1 Å². The van der Waals surface area contributed by atoms with Crippen molar-refractivity contribution in [3.8, 4) is 0 Å². The number of morpholine rings is 1. The summed E-state index contributed by atoms with van der Waals surface area (Å²) >= 11 is 0. The number of fused-ring (bicyclic) bond motifs is 1. The Labute approximate surface area is 184 Å². The standard InChI is InChI=1S/C21H24N6O5/c1-2-32-20(30)12-3-5-13(6-4-12)23-19(29)14-11-15(28)24-18-16(14)17(22)25-21(26-18)27-7-9-31-10-8-27/h3-6,14H,2,7-11H2,1H3,(H,23,29)(H3,22,24,25,26,28)/t14-/m1/s1. The Hall–Kier alpha value is -3.73. The molecule has 1 saturated heterocycles. The van der Waals surface area contributed by atoms with Gasteiger partial charge in [-0.05, 0) is 31.2 Å². The van der Waals surface area contributed by atoms with Crippen molar-refractivity contribution in [3.63, 3.8) is 0 Å². The zero-order chi connectivity index (χ0) is 22.7. The van der Waals surface area contributed by atoms with Gasteiger partial charge in [0, 0.05) is 25.2 Å². The number of benzene rings is 1. The molecule has 11 nitrogen and oxygen atoms in total. The second kappa shape index (κ2) is 9.18. The molecular formula is C21H24N6O5. The van der Waals surface area contributed by atoms with Gasteiger partial charge < -0.3 is 30.7 Å². The number of carbonyl (C=O) groups is 3. The molecule has 0 unspecified atom stereocenters. The number of ether oxygens (including phenoxy) is 2. The number of rotatable bonds is 5. The van der Waals surface area contributed by atoms with Gasteiger partial charge in [-0.15, -0.1) is 0 Å². The summed E-state index contributed by atoms with van der Waals surface area (Å²) in [6.45, 7) is 4.32. The van der Waals surface area contributed by atoms with E-state index in [1.54, 1.807) is 31.2 Å². The molecule has 0 radical (unpaired) electrons. The van der Waals surface area contributed by atoms with E-state index in [1.807, 2.05) is 4.90 Å². The molecular weight excluding hydrogens is 416 g/mol. The van der Waals surface area contributed by atoms with E-state index in [2.05, 4.69) is 20.6 Å². The second-order valence-electron chi connectivity index (χ2n) is 7.36. The average molecular weight is 440 g/mol. The quantitative estimate of drug-likeness (QED) is 0.582. The number of nitrogens with two attached hydrogens (primary N) is 1. The highest BCUT2D eigenvalue weighted by Crippen LogP contribution is 2.36. The Morgan fingerprint density at radius 2 is 1.97 bits per heavy atom. The van der Waals surface area contributed by atoms with Crippen molar-refractivity contribution in [2.45, 2.75) is 19.3 Å². The lowest BCUT2D eigenvalue weighted by atomic mass is 9.92. The van der Waals surface area contributed by atoms with Gasteiger partial charge in [0.15, 0.2) is 0 Å². The van der Waals surface area contributed by atoms with Crippen molar-refractivity contribution in [1.29, 1.82) is 0 Å². The molecule has 1 fully saturated rings. The summed E-state index contributed by atoms with van der Waals surface area (Å²) in [7, 11) is 0. The summed E-state index contributed by atoms with van der Waals surface area (Å²) in [6, 6.07) is 6.30. The van der Waals surface area contributed by atoms with Crippen LogP contribution in [0.15, 0.2) is 24.3 Å². The molecule has 11 heteroatoms. The van der Waals surface area contributed by atoms with Gasteiger partial charge in [0.25, 0.3) is 0 Å². The second-order valence-corrected chi connectivity index (χ2v) is 7.36. The summed E-state index contributed by atoms with van der Waals surface area (Å²) in [6.07, 6.45) is -0.0792. The minimum absolute atomic E-state index is 0.0792. The van der Waals surface area contributed by atoms with Crippen LogP contribution in [0.2, 0.25) is 0 Å². The van der Waals surface area contributed by atoms with Crippen LogP contribution in [0.3, 0.4) is 0 Å². The van der Waals surface area contributed by atoms with Crippen LogP contribution in [0.1, 0.15) is 35.2 Å². The largest absolute Gasteiger partial charge is 0.462 e. The summed E-state index contributed by atoms with van der Waals surface area (Å²) in [4.78, 5) is 47.8. The number of anilines is 4. The molecule has 4 rings (SSSR count). The van der Waals surface area contributed by atoms with E-state index in [-0.39, 0.29) is 30.6 Å². The Morgan fingerprint density at radius 3 is 2.66 bits per heavy atom. The van der Waals surface area contributed by atoms with Crippen LogP contribution in [-0.2, 0) is 19.1 Å². The zero-order valence-corrected chi connectivity index (χ0v) is 17.6. The van der Waals surface area contributed by atoms with E-state index in [1.165, 1.54) is 0 Å². The maximum atomic E-state index is 13.0. The maximum absolute atomic E-state index is 13.0. The number of esters is 1. The van der Waals surface area contributed by atoms with Crippen LogP contribution in [0, 0.1) is 0 Å². The molecule has 2 aromatic rings. The fourth-order valence-corrected chi connectivity index (χ4v) is 3.65. The fraction of sp³-hybridized carbons (Fsp3) is 0.381. The molecule has 0 bridgehead atoms. The molecule has 0 spiro atoms. The normalized spacial score (nSPS) is 17.8. The van der Waals surface area contributed by atoms with Crippen LogP contribution < -0.4 is 21.3 Å². The molecule has 32 heavy (non-hydrogen) atoms. The van der Waals surface area contributed by atoms with Gasteiger partial charge in [-0.3, -0.25) is 9.59 Å². The monoisotopic (exact) mass is 440 g/mol. The lowest BCUT2D eigenvalue weighted by Gasteiger charge is -2.30. The topological polar surface area (TPSA) is 149 Å². The summed E-state index contributed by atoms with van der Waals surface area (Å²) in [5.74, 6) is -1.25. The predicted octanol–water partition coefficient (Wildman–Crippen LogP) is 1.14. The van der Waals surface area contributed by atoms with E-state index in [4.69, 9.17) is 15.2 Å². The van der Waals surface area contributed by atoms with Crippen molar-refractivity contribution in [1.82, 2.24) is 9.97 Å². The summed E-state index contributed by atoms with van der Waals surface area (Å²) < 4.78 is 10.3. The Bertz CT molecular complexity index is 1040. The van der Waals surface area contributed by atoms with Gasteiger partial charge in [-0.1, -0.05) is 0 Å². The van der Waals surface area contributed by atoms with Crippen LogP contribution in [0.4, 0.5) is 23.3 Å². The average Bonchev–Trinajstić information content (AvgIpc) is 2.79. The molecule has 0 saturated carbocycles. The van der Waals surface area contributed by atoms with Crippen LogP contribution >= 0.6 is 0 Å². The number of amides is 2. The van der Waals surface area contributed by atoms with Gasteiger partial charge in [0.1, 0.15) is 11.6 Å². The highest BCUT2D eigenvalue weighted by molar-refractivity contribution is 6.05. The molecule has 0 aliphatic carbocycles. The predicted molar refractivity (Wildman–Crippen MR) is 116 cm³/mol. The molecule has 2 aliphatic heterocycles. The van der Waals surface area contributed by atoms with Crippen LogP contribution in [0.5, 0.6) is 0 Å². The van der Waals surface area contributed by atoms with Crippen molar-refractivity contribution in [2.24, 2.45) is 0 Å². The van der Waals surface area contributed by atoms with Gasteiger partial charge in [-0.2, -0.15) is 9.97 Å². The molecule has 1 aromatic heterocycles. The number of nitrogens with one attached hydrogen (secondary N) is 2. The van der Waals surface area contributed by atoms with Crippen LogP contribution in [0.25, 0.3) is 0 Å². The maximum Gasteiger partial charge on any atom is 0.338 e. The van der Waals surface area contributed by atoms with Gasteiger partial charge in [0.05, 0.1) is 36.9 Å². The molecule has 168 valence electrons. The minimum Gasteiger partial charge on any atom is -0.462 e.